The molecule has 0 saturated carbocycles. The number of hydrogen-bond acceptors (Lipinski definition) is 3. The predicted molar refractivity (Wildman–Crippen MR) is 58.4 cm³/mol. The molecule has 0 aromatic heterocycles. The first-order valence-corrected chi connectivity index (χ1v) is 5.12. The molecule has 1 aromatic carbocycles. The predicted octanol–water partition coefficient (Wildman–Crippen LogP) is 1.75. The molecule has 1 atom stereocenters. The van der Waals surface area contributed by atoms with E-state index in [0.717, 1.165) is 18.2 Å². The van der Waals surface area contributed by atoms with E-state index in [1.165, 1.54) is 0 Å². The summed E-state index contributed by atoms with van der Waals surface area (Å²) in [7, 11) is 0. The molecule has 4 nitrogen and oxygen atoms in total. The summed E-state index contributed by atoms with van der Waals surface area (Å²) >= 11 is 1.68. The number of halogens is 3. The Balaban J connectivity index is 3.10. The van der Waals surface area contributed by atoms with E-state index in [9.17, 15) is 18.7 Å². The Morgan fingerprint density at radius 1 is 1.44 bits per heavy atom. The number of benzene rings is 1. The van der Waals surface area contributed by atoms with E-state index < -0.39 is 18.0 Å². The molecule has 16 heavy (non-hydrogen) atoms. The van der Waals surface area contributed by atoms with Crippen LogP contribution >= 0.6 is 22.6 Å². The van der Waals surface area contributed by atoms with Crippen LogP contribution in [0.15, 0.2) is 18.2 Å². The second-order valence-corrected chi connectivity index (χ2v) is 4.20. The van der Waals surface area contributed by atoms with Crippen LogP contribution < -0.4 is 0 Å². The third-order valence-electron chi connectivity index (χ3n) is 1.92. The highest BCUT2D eigenvalue weighted by atomic mass is 127. The Morgan fingerprint density at radius 3 is 2.44 bits per heavy atom. The summed E-state index contributed by atoms with van der Waals surface area (Å²) in [5.74, 6) is -6.79. The number of aliphatic hydroxyl groups excluding tert-OH is 1. The lowest BCUT2D eigenvalue weighted by molar-refractivity contribution is -0.182. The maximum Gasteiger partial charge on any atom is 0.377 e. The first-order valence-electron chi connectivity index (χ1n) is 4.04. The van der Waals surface area contributed by atoms with Crippen LogP contribution in [0.4, 0.5) is 8.78 Å². The number of phenolic OH excluding ortho intramolecular Hbond substituents is 1. The van der Waals surface area contributed by atoms with Crippen LogP contribution in [0.1, 0.15) is 11.7 Å². The first-order chi connectivity index (χ1) is 7.26. The summed E-state index contributed by atoms with van der Waals surface area (Å²) in [5.41, 5.74) is -0.269. The van der Waals surface area contributed by atoms with Gasteiger partial charge >= 0.3 is 11.9 Å². The van der Waals surface area contributed by atoms with Crippen molar-refractivity contribution in [1.82, 2.24) is 0 Å². The Kier molecular flexibility index (Phi) is 3.68. The van der Waals surface area contributed by atoms with Crippen LogP contribution in [0.25, 0.3) is 0 Å². The van der Waals surface area contributed by atoms with Crippen molar-refractivity contribution in [3.63, 3.8) is 0 Å². The zero-order chi connectivity index (χ0) is 12.5. The molecule has 3 N–H and O–H groups in total. The number of phenols is 1. The molecule has 1 unspecified atom stereocenters. The van der Waals surface area contributed by atoms with Crippen LogP contribution in [-0.2, 0) is 4.79 Å². The van der Waals surface area contributed by atoms with Gasteiger partial charge in [-0.1, -0.05) is 6.07 Å². The fourth-order valence-corrected chi connectivity index (χ4v) is 1.56. The second-order valence-electron chi connectivity index (χ2n) is 3.04. The van der Waals surface area contributed by atoms with Crippen LogP contribution in [0, 0.1) is 3.57 Å². The highest BCUT2D eigenvalue weighted by Gasteiger charge is 2.47. The van der Waals surface area contributed by atoms with Crippen molar-refractivity contribution in [2.75, 3.05) is 0 Å². The van der Waals surface area contributed by atoms with Gasteiger partial charge in [0, 0.05) is 0 Å². The van der Waals surface area contributed by atoms with Gasteiger partial charge in [-0.25, -0.2) is 4.79 Å². The monoisotopic (exact) mass is 344 g/mol. The van der Waals surface area contributed by atoms with E-state index in [1.54, 1.807) is 22.6 Å². The minimum Gasteiger partial charge on any atom is -0.507 e. The average molecular weight is 344 g/mol. The van der Waals surface area contributed by atoms with Crippen molar-refractivity contribution in [2.24, 2.45) is 0 Å². The SMILES string of the molecule is O=C(O)C(F)(F)C(O)c1ccc(O)c(I)c1. The average Bonchev–Trinajstić information content (AvgIpc) is 2.20. The fourth-order valence-electron chi connectivity index (χ4n) is 1.02. The molecule has 1 aromatic rings. The van der Waals surface area contributed by atoms with E-state index in [4.69, 9.17) is 10.2 Å². The summed E-state index contributed by atoms with van der Waals surface area (Å²) in [5, 5.41) is 26.6. The van der Waals surface area contributed by atoms with E-state index in [-0.39, 0.29) is 14.9 Å². The molecule has 0 amide bonds. The largest absolute Gasteiger partial charge is 0.507 e. The van der Waals surface area contributed by atoms with Crippen LogP contribution in [0.3, 0.4) is 0 Å². The smallest absolute Gasteiger partial charge is 0.377 e. The van der Waals surface area contributed by atoms with Gasteiger partial charge in [0.2, 0.25) is 0 Å². The molecule has 0 bridgehead atoms. The van der Waals surface area contributed by atoms with Crippen LogP contribution in [0.2, 0.25) is 0 Å². The van der Waals surface area contributed by atoms with Gasteiger partial charge in [-0.3, -0.25) is 0 Å². The van der Waals surface area contributed by atoms with Crippen molar-refractivity contribution in [3.8, 4) is 5.75 Å². The summed E-state index contributed by atoms with van der Waals surface area (Å²) in [6, 6.07) is 3.24. The molecule has 0 radical (unpaired) electrons. The number of hydrogen-bond donors (Lipinski definition) is 3. The lowest BCUT2D eigenvalue weighted by Crippen LogP contribution is -2.35. The van der Waals surface area contributed by atoms with Gasteiger partial charge in [0.1, 0.15) is 5.75 Å². The molecule has 0 fully saturated rings. The number of rotatable bonds is 3. The number of alkyl halides is 2. The maximum atomic E-state index is 12.9. The molecule has 0 aliphatic rings. The first kappa shape index (κ1) is 13.1. The molecule has 0 aliphatic heterocycles. The van der Waals surface area contributed by atoms with E-state index in [0.29, 0.717) is 0 Å². The maximum absolute atomic E-state index is 12.9. The normalized spacial score (nSPS) is 13.5. The number of aromatic hydroxyl groups is 1. The van der Waals surface area contributed by atoms with Crippen molar-refractivity contribution < 1.29 is 28.9 Å². The number of carbonyl (C=O) groups is 1. The van der Waals surface area contributed by atoms with Crippen molar-refractivity contribution in [1.29, 1.82) is 0 Å². The van der Waals surface area contributed by atoms with Gasteiger partial charge in [0.15, 0.2) is 6.10 Å². The van der Waals surface area contributed by atoms with Crippen molar-refractivity contribution in [3.05, 3.63) is 27.3 Å². The zero-order valence-electron chi connectivity index (χ0n) is 7.69. The topological polar surface area (TPSA) is 77.8 Å². The van der Waals surface area contributed by atoms with Gasteiger partial charge < -0.3 is 15.3 Å². The Labute approximate surface area is 103 Å². The summed E-state index contributed by atoms with van der Waals surface area (Å²) < 4.78 is 26.1. The quantitative estimate of drug-likeness (QED) is 0.731. The standard InChI is InChI=1S/C9H7F2IO4/c10-9(11,8(15)16)7(14)4-1-2-6(13)5(12)3-4/h1-3,7,13-14H,(H,15,16). The summed E-state index contributed by atoms with van der Waals surface area (Å²) in [6.45, 7) is 0. The molecule has 1 rings (SSSR count). The molecular weight excluding hydrogens is 337 g/mol. The van der Waals surface area contributed by atoms with E-state index in [2.05, 4.69) is 0 Å². The third-order valence-corrected chi connectivity index (χ3v) is 2.78. The van der Waals surface area contributed by atoms with Crippen LogP contribution in [0.5, 0.6) is 5.75 Å². The van der Waals surface area contributed by atoms with Crippen molar-refractivity contribution >= 4 is 28.6 Å². The Bertz CT molecular complexity index is 422. The van der Waals surface area contributed by atoms with Crippen molar-refractivity contribution in [2.45, 2.75) is 12.0 Å². The fraction of sp³-hybridized carbons (Fsp3) is 0.222. The molecule has 88 valence electrons. The van der Waals surface area contributed by atoms with Gasteiger partial charge in [-0.2, -0.15) is 8.78 Å². The minimum absolute atomic E-state index is 0.129. The van der Waals surface area contributed by atoms with E-state index >= 15 is 0 Å². The number of aliphatic carboxylic acids is 1. The lowest BCUT2D eigenvalue weighted by Gasteiger charge is -2.18. The molecule has 0 aliphatic carbocycles. The lowest BCUT2D eigenvalue weighted by atomic mass is 10.0. The summed E-state index contributed by atoms with van der Waals surface area (Å²) in [4.78, 5) is 10.2. The number of carboxylic acids is 1. The number of aliphatic hydroxyl groups is 1. The van der Waals surface area contributed by atoms with Gasteiger partial charge in [-0.15, -0.1) is 0 Å². The molecule has 7 heteroatoms. The van der Waals surface area contributed by atoms with E-state index in [1.807, 2.05) is 0 Å². The molecule has 0 saturated heterocycles. The number of carboxylic acid groups (broad SMARTS) is 1. The molecule has 0 spiro atoms. The summed E-state index contributed by atoms with van der Waals surface area (Å²) in [6.07, 6.45) is -2.45. The molecular formula is C9H7F2IO4. The van der Waals surface area contributed by atoms with Gasteiger partial charge in [0.25, 0.3) is 0 Å². The van der Waals surface area contributed by atoms with Crippen LogP contribution in [-0.4, -0.2) is 27.2 Å². The van der Waals surface area contributed by atoms with Gasteiger partial charge in [0.05, 0.1) is 3.57 Å². The minimum atomic E-state index is -4.26. The highest BCUT2D eigenvalue weighted by Crippen LogP contribution is 2.33. The third kappa shape index (κ3) is 2.40. The Hall–Kier alpha value is -0.960. The Morgan fingerprint density at radius 2 is 2.00 bits per heavy atom. The highest BCUT2D eigenvalue weighted by molar-refractivity contribution is 14.1. The zero-order valence-corrected chi connectivity index (χ0v) is 9.85. The van der Waals surface area contributed by atoms with Gasteiger partial charge in [-0.05, 0) is 40.3 Å². The second kappa shape index (κ2) is 4.50. The molecule has 0 heterocycles.